The second-order valence-electron chi connectivity index (χ2n) is 13.2. The molecule has 0 saturated heterocycles. The van der Waals surface area contributed by atoms with Gasteiger partial charge in [-0.1, -0.05) is 61.5 Å². The van der Waals surface area contributed by atoms with Crippen LogP contribution in [0.15, 0.2) is 91.0 Å². The Hall–Kier alpha value is -4.93. The number of aliphatic hydroxyl groups excluding tert-OH is 1. The first-order valence-corrected chi connectivity index (χ1v) is 17.3. The number of carbonyl (C=O) groups excluding carboxylic acids is 3. The zero-order valence-corrected chi connectivity index (χ0v) is 29.3. The van der Waals surface area contributed by atoms with Gasteiger partial charge in [0.15, 0.2) is 0 Å². The number of rotatable bonds is 7. The number of fused-ring (bicyclic) bond motifs is 2. The van der Waals surface area contributed by atoms with Gasteiger partial charge in [-0.05, 0) is 74.9 Å². The maximum absolute atomic E-state index is 14.5. The molecule has 0 unspecified atom stereocenters. The Labute approximate surface area is 294 Å². The third-order valence-corrected chi connectivity index (χ3v) is 9.17. The summed E-state index contributed by atoms with van der Waals surface area (Å²) in [6.07, 6.45) is 1.85. The second-order valence-corrected chi connectivity index (χ2v) is 13.2. The lowest BCUT2D eigenvalue weighted by Gasteiger charge is -2.36. The number of anilines is 2. The molecule has 0 radical (unpaired) electrons. The van der Waals surface area contributed by atoms with Gasteiger partial charge < -0.3 is 35.0 Å². The third kappa shape index (κ3) is 9.19. The van der Waals surface area contributed by atoms with E-state index in [0.717, 1.165) is 30.0 Å². The van der Waals surface area contributed by atoms with Crippen LogP contribution in [0.3, 0.4) is 0 Å². The quantitative estimate of drug-likeness (QED) is 0.192. The molecule has 1 aliphatic rings. The fourth-order valence-electron chi connectivity index (χ4n) is 6.24. The molecule has 0 aromatic heterocycles. The Balaban J connectivity index is 1.40. The van der Waals surface area contributed by atoms with E-state index in [0.29, 0.717) is 35.8 Å². The maximum Gasteiger partial charge on any atom is 0.323 e. The number of likely N-dealkylation sites (N-methyl/N-ethyl adjacent to an activating group) is 1. The molecule has 0 aliphatic carbocycles. The second kappa shape index (κ2) is 17.1. The number of carbonyl (C=O) groups is 3. The van der Waals surface area contributed by atoms with Crippen LogP contribution in [0, 0.1) is 5.92 Å². The van der Waals surface area contributed by atoms with Gasteiger partial charge in [0, 0.05) is 49.3 Å². The van der Waals surface area contributed by atoms with Crippen molar-refractivity contribution < 1.29 is 29.0 Å². The smallest absolute Gasteiger partial charge is 0.323 e. The molecule has 5 rings (SSSR count). The van der Waals surface area contributed by atoms with Gasteiger partial charge in [0.25, 0.3) is 11.8 Å². The van der Waals surface area contributed by atoms with Gasteiger partial charge in [-0.25, -0.2) is 4.79 Å². The highest BCUT2D eigenvalue weighted by molar-refractivity contribution is 6.07. The first-order chi connectivity index (χ1) is 24.1. The summed E-state index contributed by atoms with van der Waals surface area (Å²) < 4.78 is 12.7. The Bertz CT molecular complexity index is 1760. The highest BCUT2D eigenvalue weighted by Crippen LogP contribution is 2.29. The van der Waals surface area contributed by atoms with E-state index >= 15 is 0 Å². The van der Waals surface area contributed by atoms with Crippen molar-refractivity contribution in [3.8, 4) is 5.75 Å². The van der Waals surface area contributed by atoms with Crippen LogP contribution in [0.2, 0.25) is 0 Å². The predicted molar refractivity (Wildman–Crippen MR) is 197 cm³/mol. The molecule has 1 heterocycles. The number of aliphatic hydroxyl groups is 1. The number of urea groups is 1. The molecule has 4 atom stereocenters. The molecule has 4 amide bonds. The van der Waals surface area contributed by atoms with Crippen LogP contribution in [-0.4, -0.2) is 84.4 Å². The zero-order chi connectivity index (χ0) is 35.6. The van der Waals surface area contributed by atoms with Gasteiger partial charge in [0.1, 0.15) is 5.75 Å². The first kappa shape index (κ1) is 36.4. The van der Waals surface area contributed by atoms with E-state index < -0.39 is 12.1 Å². The summed E-state index contributed by atoms with van der Waals surface area (Å²) in [5, 5.41) is 18.0. The topological polar surface area (TPSA) is 120 Å². The Kier molecular flexibility index (Phi) is 12.5. The van der Waals surface area contributed by atoms with Crippen molar-refractivity contribution in [3.05, 3.63) is 102 Å². The molecular weight excluding hydrogens is 632 g/mol. The van der Waals surface area contributed by atoms with Crippen LogP contribution < -0.4 is 15.4 Å². The van der Waals surface area contributed by atoms with Crippen molar-refractivity contribution in [1.82, 2.24) is 9.80 Å². The van der Waals surface area contributed by atoms with Crippen molar-refractivity contribution in [1.29, 1.82) is 0 Å². The highest BCUT2D eigenvalue weighted by Gasteiger charge is 2.31. The summed E-state index contributed by atoms with van der Waals surface area (Å²) in [6.45, 7) is 6.59. The fraction of sp³-hybridized carbons (Fsp3) is 0.375. The Morgan fingerprint density at radius 3 is 2.48 bits per heavy atom. The molecule has 0 bridgehead atoms. The van der Waals surface area contributed by atoms with Gasteiger partial charge in [-0.15, -0.1) is 0 Å². The molecule has 4 aromatic rings. The molecule has 1 aliphatic heterocycles. The number of amides is 4. The van der Waals surface area contributed by atoms with Gasteiger partial charge in [0.2, 0.25) is 0 Å². The summed E-state index contributed by atoms with van der Waals surface area (Å²) in [5.41, 5.74) is 1.95. The molecule has 264 valence electrons. The fourth-order valence-corrected chi connectivity index (χ4v) is 6.24. The molecule has 10 nitrogen and oxygen atoms in total. The largest absolute Gasteiger partial charge is 0.490 e. The van der Waals surface area contributed by atoms with Crippen LogP contribution in [0.4, 0.5) is 16.2 Å². The SMILES string of the molecule is C[C@@H]1CN([C@H](C)CO)C(=O)c2cc(NC(=O)Nc3cccc4ccccc34)ccc2O[C@@H](C)CCCCO[C@@H]1CN(C)C(=O)c1ccccc1. The normalized spacial score (nSPS) is 19.4. The lowest BCUT2D eigenvalue weighted by molar-refractivity contribution is -0.0149. The minimum atomic E-state index is -0.529. The van der Waals surface area contributed by atoms with E-state index in [9.17, 15) is 19.5 Å². The van der Waals surface area contributed by atoms with E-state index in [1.807, 2.05) is 74.5 Å². The minimum absolute atomic E-state index is 0.109. The van der Waals surface area contributed by atoms with E-state index in [2.05, 4.69) is 10.6 Å². The number of nitrogens with zero attached hydrogens (tertiary/aromatic N) is 2. The van der Waals surface area contributed by atoms with Crippen molar-refractivity contribution in [3.63, 3.8) is 0 Å². The number of ether oxygens (including phenoxy) is 2. The number of nitrogens with one attached hydrogen (secondary N) is 2. The monoisotopic (exact) mass is 680 g/mol. The Morgan fingerprint density at radius 2 is 1.70 bits per heavy atom. The summed E-state index contributed by atoms with van der Waals surface area (Å²) in [4.78, 5) is 44.2. The van der Waals surface area contributed by atoms with Gasteiger partial charge >= 0.3 is 6.03 Å². The van der Waals surface area contributed by atoms with E-state index in [4.69, 9.17) is 9.47 Å². The zero-order valence-electron chi connectivity index (χ0n) is 29.3. The van der Waals surface area contributed by atoms with Gasteiger partial charge in [0.05, 0.1) is 36.1 Å². The van der Waals surface area contributed by atoms with Crippen molar-refractivity contribution >= 4 is 40.0 Å². The average Bonchev–Trinajstić information content (AvgIpc) is 3.12. The van der Waals surface area contributed by atoms with Crippen LogP contribution in [-0.2, 0) is 4.74 Å². The van der Waals surface area contributed by atoms with Crippen LogP contribution in [0.5, 0.6) is 5.75 Å². The molecule has 0 fully saturated rings. The summed E-state index contributed by atoms with van der Waals surface area (Å²) in [6, 6.07) is 26.7. The molecular formula is C40H48N4O6. The van der Waals surface area contributed by atoms with E-state index in [1.54, 1.807) is 54.1 Å². The molecule has 50 heavy (non-hydrogen) atoms. The average molecular weight is 681 g/mol. The highest BCUT2D eigenvalue weighted by atomic mass is 16.5. The molecule has 0 saturated carbocycles. The van der Waals surface area contributed by atoms with Crippen molar-refractivity contribution in [2.75, 3.05) is 44.0 Å². The van der Waals surface area contributed by atoms with E-state index in [-0.39, 0.29) is 48.7 Å². The molecule has 0 spiro atoms. The number of hydrogen-bond donors (Lipinski definition) is 3. The third-order valence-electron chi connectivity index (χ3n) is 9.17. The van der Waals surface area contributed by atoms with Crippen LogP contribution in [0.1, 0.15) is 60.7 Å². The predicted octanol–water partition coefficient (Wildman–Crippen LogP) is 7.05. The van der Waals surface area contributed by atoms with Crippen LogP contribution in [0.25, 0.3) is 10.8 Å². The maximum atomic E-state index is 14.5. The van der Waals surface area contributed by atoms with Crippen molar-refractivity contribution in [2.24, 2.45) is 5.92 Å². The number of hydrogen-bond acceptors (Lipinski definition) is 6. The summed E-state index contributed by atoms with van der Waals surface area (Å²) in [7, 11) is 1.76. The van der Waals surface area contributed by atoms with Gasteiger partial charge in [-0.2, -0.15) is 0 Å². The van der Waals surface area contributed by atoms with Crippen LogP contribution >= 0.6 is 0 Å². The Morgan fingerprint density at radius 1 is 0.960 bits per heavy atom. The lowest BCUT2D eigenvalue weighted by Crippen LogP contribution is -2.48. The summed E-state index contributed by atoms with van der Waals surface area (Å²) >= 11 is 0. The van der Waals surface area contributed by atoms with Crippen molar-refractivity contribution in [2.45, 2.75) is 58.3 Å². The number of benzene rings is 4. The molecule has 4 aromatic carbocycles. The molecule has 10 heteroatoms. The first-order valence-electron chi connectivity index (χ1n) is 17.3. The standard InChI is InChI=1S/C40H48N4O6/c1-27-24-44(28(2)26-45)39(47)34-23-32(41-40(48)42-35-19-12-17-30-14-8-9-18-33(30)35)20-21-36(34)50-29(3)13-10-11-22-49-37(27)25-43(4)38(46)31-15-6-5-7-16-31/h5-9,12,14-21,23,27-29,37,45H,10-11,13,22,24-26H2,1-4H3,(H2,41,42,48)/t27-,28-,29+,37-/m1/s1. The van der Waals surface area contributed by atoms with Gasteiger partial charge in [-0.3, -0.25) is 9.59 Å². The minimum Gasteiger partial charge on any atom is -0.490 e. The summed E-state index contributed by atoms with van der Waals surface area (Å²) in [5.74, 6) is -0.244. The lowest BCUT2D eigenvalue weighted by atomic mass is 10.0. The van der Waals surface area contributed by atoms with E-state index in [1.165, 1.54) is 0 Å². The molecule has 3 N–H and O–H groups in total.